The van der Waals surface area contributed by atoms with Crippen molar-refractivity contribution in [1.29, 1.82) is 0 Å². The van der Waals surface area contributed by atoms with Crippen molar-refractivity contribution in [2.75, 3.05) is 5.32 Å². The highest BCUT2D eigenvalue weighted by molar-refractivity contribution is 6.30. The minimum Gasteiger partial charge on any atom is -0.368 e. The fraction of sp³-hybridized carbons (Fsp3) is 0.105. The van der Waals surface area contributed by atoms with Crippen LogP contribution in [0.4, 0.5) is 15.9 Å². The number of aryl methyl sites for hydroxylation is 1. The lowest BCUT2D eigenvalue weighted by Crippen LogP contribution is -2.19. The van der Waals surface area contributed by atoms with Crippen LogP contribution in [-0.2, 0) is 11.3 Å². The zero-order valence-corrected chi connectivity index (χ0v) is 16.0. The second kappa shape index (κ2) is 7.44. The molecule has 1 aromatic carbocycles. The molecule has 29 heavy (non-hydrogen) atoms. The molecule has 4 rings (SSSR count). The minimum atomic E-state index is -0.526. The molecule has 0 saturated heterocycles. The molecule has 4 aromatic rings. The lowest BCUT2D eigenvalue weighted by Gasteiger charge is -2.12. The maximum absolute atomic E-state index is 14.2. The Morgan fingerprint density at radius 1 is 1.28 bits per heavy atom. The number of anilines is 2. The van der Waals surface area contributed by atoms with Gasteiger partial charge < -0.3 is 11.1 Å². The number of amides is 1. The Morgan fingerprint density at radius 3 is 2.90 bits per heavy atom. The first-order chi connectivity index (χ1) is 13.9. The summed E-state index contributed by atoms with van der Waals surface area (Å²) in [5.41, 5.74) is 8.04. The van der Waals surface area contributed by atoms with Crippen LogP contribution in [0.15, 0.2) is 42.9 Å². The zero-order chi connectivity index (χ0) is 20.5. The molecule has 146 valence electrons. The zero-order valence-electron chi connectivity index (χ0n) is 15.2. The van der Waals surface area contributed by atoms with E-state index in [4.69, 9.17) is 17.3 Å². The van der Waals surface area contributed by atoms with Gasteiger partial charge >= 0.3 is 0 Å². The fourth-order valence-electron chi connectivity index (χ4n) is 2.88. The number of carbonyl (C=O) groups is 1. The number of primary amides is 1. The van der Waals surface area contributed by atoms with Gasteiger partial charge in [-0.25, -0.2) is 14.4 Å². The van der Waals surface area contributed by atoms with Crippen molar-refractivity contribution in [3.05, 3.63) is 59.3 Å². The van der Waals surface area contributed by atoms with E-state index in [1.807, 2.05) is 6.92 Å². The molecule has 0 aliphatic carbocycles. The smallest absolute Gasteiger partial charge is 0.239 e. The van der Waals surface area contributed by atoms with Gasteiger partial charge in [0, 0.05) is 23.0 Å². The first-order valence-corrected chi connectivity index (χ1v) is 8.95. The van der Waals surface area contributed by atoms with Gasteiger partial charge in [-0.05, 0) is 31.2 Å². The fourth-order valence-corrected chi connectivity index (χ4v) is 3.05. The number of rotatable bonds is 5. The SMILES string of the molecule is Cc1cnc(-c2cc(Cl)ccc2F)nc1Nc1ccnc2cnn(CC(N)=O)c12. The number of carbonyl (C=O) groups excluding carboxylic acids is 1. The lowest BCUT2D eigenvalue weighted by molar-refractivity contribution is -0.118. The third-order valence-electron chi connectivity index (χ3n) is 4.23. The van der Waals surface area contributed by atoms with E-state index in [-0.39, 0.29) is 17.9 Å². The molecule has 1 amide bonds. The molecule has 0 atom stereocenters. The average molecular weight is 412 g/mol. The first-order valence-electron chi connectivity index (χ1n) is 8.57. The molecule has 0 saturated carbocycles. The van der Waals surface area contributed by atoms with E-state index < -0.39 is 11.7 Å². The molecule has 0 radical (unpaired) electrons. The molecule has 3 N–H and O–H groups in total. The Morgan fingerprint density at radius 2 is 2.10 bits per heavy atom. The highest BCUT2D eigenvalue weighted by Crippen LogP contribution is 2.28. The number of fused-ring (bicyclic) bond motifs is 1. The van der Waals surface area contributed by atoms with Gasteiger partial charge in [-0.1, -0.05) is 11.6 Å². The number of hydrogen-bond acceptors (Lipinski definition) is 6. The number of aromatic nitrogens is 5. The average Bonchev–Trinajstić information content (AvgIpc) is 3.09. The predicted molar refractivity (Wildman–Crippen MR) is 107 cm³/mol. The Balaban J connectivity index is 1.78. The third kappa shape index (κ3) is 3.72. The van der Waals surface area contributed by atoms with Crippen molar-refractivity contribution in [3.8, 4) is 11.4 Å². The number of nitrogens with zero attached hydrogens (tertiary/aromatic N) is 5. The summed E-state index contributed by atoms with van der Waals surface area (Å²) in [6.07, 6.45) is 4.74. The van der Waals surface area contributed by atoms with Crippen LogP contribution in [0.5, 0.6) is 0 Å². The normalized spacial score (nSPS) is 11.0. The Kier molecular flexibility index (Phi) is 4.81. The van der Waals surface area contributed by atoms with E-state index in [2.05, 4.69) is 25.4 Å². The molecular weight excluding hydrogens is 397 g/mol. The summed E-state index contributed by atoms with van der Waals surface area (Å²) in [7, 11) is 0. The summed E-state index contributed by atoms with van der Waals surface area (Å²) < 4.78 is 15.7. The van der Waals surface area contributed by atoms with Crippen molar-refractivity contribution in [1.82, 2.24) is 24.7 Å². The van der Waals surface area contributed by atoms with E-state index >= 15 is 0 Å². The summed E-state index contributed by atoms with van der Waals surface area (Å²) in [5, 5.41) is 7.74. The van der Waals surface area contributed by atoms with Crippen LogP contribution in [0, 0.1) is 12.7 Å². The van der Waals surface area contributed by atoms with Crippen LogP contribution in [0.3, 0.4) is 0 Å². The van der Waals surface area contributed by atoms with Gasteiger partial charge in [-0.3, -0.25) is 14.5 Å². The van der Waals surface area contributed by atoms with Crippen LogP contribution in [0.25, 0.3) is 22.4 Å². The molecule has 0 bridgehead atoms. The number of benzene rings is 1. The van der Waals surface area contributed by atoms with E-state index in [9.17, 15) is 9.18 Å². The molecule has 0 aliphatic rings. The third-order valence-corrected chi connectivity index (χ3v) is 4.46. The Labute approximate surface area is 169 Å². The topological polar surface area (TPSA) is 112 Å². The summed E-state index contributed by atoms with van der Waals surface area (Å²) in [4.78, 5) is 24.3. The molecule has 3 aromatic heterocycles. The predicted octanol–water partition coefficient (Wildman–Crippen LogP) is 3.22. The number of halogens is 2. The van der Waals surface area contributed by atoms with Crippen molar-refractivity contribution < 1.29 is 9.18 Å². The van der Waals surface area contributed by atoms with Gasteiger partial charge in [0.1, 0.15) is 29.2 Å². The Bertz CT molecular complexity index is 1240. The van der Waals surface area contributed by atoms with E-state index in [1.165, 1.54) is 22.9 Å². The second-order valence-corrected chi connectivity index (χ2v) is 6.77. The molecular formula is C19H15ClFN7O. The summed E-state index contributed by atoms with van der Waals surface area (Å²) in [6.45, 7) is 1.73. The van der Waals surface area contributed by atoms with Crippen LogP contribution in [0.1, 0.15) is 5.56 Å². The highest BCUT2D eigenvalue weighted by atomic mass is 35.5. The summed E-state index contributed by atoms with van der Waals surface area (Å²) in [6, 6.07) is 5.92. The molecule has 0 fully saturated rings. The second-order valence-electron chi connectivity index (χ2n) is 6.34. The minimum absolute atomic E-state index is 0.0917. The Hall–Kier alpha value is -3.59. The standard InChI is InChI=1S/C19H15ClFN7O/c1-10-7-24-19(12-6-11(20)2-3-13(12)21)27-18(10)26-14-4-5-23-15-8-25-28(17(14)15)9-16(22)29/h2-8H,9H2,1H3,(H2,22,29)(H,23,24,26,27). The lowest BCUT2D eigenvalue weighted by atomic mass is 10.2. The highest BCUT2D eigenvalue weighted by Gasteiger charge is 2.15. The van der Waals surface area contributed by atoms with Gasteiger partial charge in [0.25, 0.3) is 0 Å². The van der Waals surface area contributed by atoms with Gasteiger partial charge in [-0.2, -0.15) is 5.10 Å². The van der Waals surface area contributed by atoms with Gasteiger partial charge in [0.2, 0.25) is 5.91 Å². The number of pyridine rings is 1. The van der Waals surface area contributed by atoms with Gasteiger partial charge in [-0.15, -0.1) is 0 Å². The quantitative estimate of drug-likeness (QED) is 0.521. The molecule has 0 spiro atoms. The van der Waals surface area contributed by atoms with Crippen molar-refractivity contribution >= 4 is 40.0 Å². The maximum Gasteiger partial charge on any atom is 0.239 e. The first kappa shape index (κ1) is 18.8. The van der Waals surface area contributed by atoms with E-state index in [1.54, 1.807) is 24.7 Å². The molecule has 3 heterocycles. The largest absolute Gasteiger partial charge is 0.368 e. The maximum atomic E-state index is 14.2. The van der Waals surface area contributed by atoms with Crippen LogP contribution in [-0.4, -0.2) is 30.6 Å². The molecule has 8 nitrogen and oxygen atoms in total. The summed E-state index contributed by atoms with van der Waals surface area (Å²) in [5.74, 6) is -0.348. The van der Waals surface area contributed by atoms with Crippen LogP contribution >= 0.6 is 11.6 Å². The molecule has 10 heteroatoms. The van der Waals surface area contributed by atoms with Gasteiger partial charge in [0.05, 0.1) is 17.4 Å². The number of nitrogens with two attached hydrogens (primary N) is 1. The van der Waals surface area contributed by atoms with E-state index in [0.717, 1.165) is 5.56 Å². The van der Waals surface area contributed by atoms with Crippen LogP contribution in [0.2, 0.25) is 5.02 Å². The summed E-state index contributed by atoms with van der Waals surface area (Å²) >= 11 is 5.99. The van der Waals surface area contributed by atoms with Gasteiger partial charge in [0.15, 0.2) is 5.82 Å². The monoisotopic (exact) mass is 411 g/mol. The van der Waals surface area contributed by atoms with E-state index in [0.29, 0.717) is 27.6 Å². The number of hydrogen-bond donors (Lipinski definition) is 2. The molecule has 0 aliphatic heterocycles. The van der Waals surface area contributed by atoms with Crippen molar-refractivity contribution in [3.63, 3.8) is 0 Å². The number of nitrogens with one attached hydrogen (secondary N) is 1. The van der Waals surface area contributed by atoms with Crippen molar-refractivity contribution in [2.24, 2.45) is 5.73 Å². The van der Waals surface area contributed by atoms with Crippen LogP contribution < -0.4 is 11.1 Å². The molecule has 0 unspecified atom stereocenters. The van der Waals surface area contributed by atoms with Crippen molar-refractivity contribution in [2.45, 2.75) is 13.5 Å².